The molecule has 0 bridgehead atoms. The molecule has 1 aromatic heterocycles. The molecule has 0 aliphatic rings. The van der Waals surface area contributed by atoms with Crippen molar-refractivity contribution >= 4 is 34.6 Å². The van der Waals surface area contributed by atoms with E-state index >= 15 is 0 Å². The third-order valence-electron chi connectivity index (χ3n) is 2.25. The number of hydrogen-bond acceptors (Lipinski definition) is 5. The van der Waals surface area contributed by atoms with Crippen LogP contribution in [-0.2, 0) is 0 Å². The number of hydrogen-bond donors (Lipinski definition) is 1. The molecule has 0 aliphatic carbocycles. The van der Waals surface area contributed by atoms with Gasteiger partial charge < -0.3 is 10.7 Å². The summed E-state index contributed by atoms with van der Waals surface area (Å²) in [6.45, 7) is 1.38. The normalized spacial score (nSPS) is 10.5. The maximum Gasteiger partial charge on any atom is 0.169 e. The molecule has 0 spiro atoms. The van der Waals surface area contributed by atoms with Crippen LogP contribution in [0.2, 0.25) is 0 Å². The fraction of sp³-hybridized carbons (Fsp3) is 0.0833. The van der Waals surface area contributed by atoms with Crippen LogP contribution >= 0.6 is 23.1 Å². The van der Waals surface area contributed by atoms with Crippen molar-refractivity contribution in [3.8, 4) is 0 Å². The third-order valence-corrected chi connectivity index (χ3v) is 4.74. The lowest BCUT2D eigenvalue weighted by Gasteiger charge is -2.09. The highest BCUT2D eigenvalue weighted by molar-refractivity contribution is 8.01. The molecule has 0 aliphatic heterocycles. The monoisotopic (exact) mass is 300 g/mol. The van der Waals surface area contributed by atoms with Gasteiger partial charge in [0.05, 0.1) is 9.09 Å². The van der Waals surface area contributed by atoms with E-state index in [2.05, 4.69) is 0 Å². The minimum atomic E-state index is -0.709. The first-order chi connectivity index (χ1) is 9.01. The molecule has 3 nitrogen and oxygen atoms in total. The number of carbonyl (C=O) groups excluding carboxylic acids is 1. The number of benzene rings is 1. The van der Waals surface area contributed by atoms with Crippen LogP contribution in [0.1, 0.15) is 16.6 Å². The van der Waals surface area contributed by atoms with Crippen molar-refractivity contribution in [1.29, 1.82) is 0 Å². The van der Waals surface area contributed by atoms with Gasteiger partial charge in [0.1, 0.15) is 11.6 Å². The van der Waals surface area contributed by atoms with Gasteiger partial charge in [-0.25, -0.2) is 8.78 Å². The summed E-state index contributed by atoms with van der Waals surface area (Å²) in [6, 6.07) is 4.61. The second kappa shape index (κ2) is 5.68. The Balaban J connectivity index is 2.34. The highest BCUT2D eigenvalue weighted by Gasteiger charge is 2.13. The van der Waals surface area contributed by atoms with E-state index in [1.165, 1.54) is 19.1 Å². The Morgan fingerprint density at radius 3 is 2.68 bits per heavy atom. The van der Waals surface area contributed by atoms with Gasteiger partial charge in [-0.15, -0.1) is 11.3 Å². The van der Waals surface area contributed by atoms with Crippen molar-refractivity contribution in [2.45, 2.75) is 16.0 Å². The lowest BCUT2D eigenvalue weighted by molar-refractivity contribution is 0.102. The Morgan fingerprint density at radius 2 is 2.11 bits per heavy atom. The van der Waals surface area contributed by atoms with Gasteiger partial charge in [-0.3, -0.25) is 4.79 Å². The zero-order valence-corrected chi connectivity index (χ0v) is 11.3. The minimum Gasteiger partial charge on any atom is -0.761 e. The fourth-order valence-corrected chi connectivity index (χ4v) is 3.49. The Hall–Kier alpha value is -1.44. The quantitative estimate of drug-likeness (QED) is 0.676. The van der Waals surface area contributed by atoms with Crippen LogP contribution in [0.4, 0.5) is 14.5 Å². The first kappa shape index (κ1) is 14.0. The second-order valence-corrected chi connectivity index (χ2v) is 6.01. The molecule has 1 heterocycles. The van der Waals surface area contributed by atoms with E-state index in [0.717, 1.165) is 35.2 Å². The highest BCUT2D eigenvalue weighted by Crippen LogP contribution is 2.41. The first-order valence-corrected chi connectivity index (χ1v) is 6.80. The van der Waals surface area contributed by atoms with E-state index in [1.54, 1.807) is 5.48 Å². The number of carbonyl (C=O) groups is 1. The Morgan fingerprint density at radius 1 is 1.37 bits per heavy atom. The average Bonchev–Trinajstić information content (AvgIpc) is 2.76. The maximum absolute atomic E-state index is 13.5. The van der Waals surface area contributed by atoms with Gasteiger partial charge in [-0.2, -0.15) is 0 Å². The SMILES string of the molecule is CC(=O)c1cc(N[O-])c(Sc2ccc(F)cc2F)s1. The summed E-state index contributed by atoms with van der Waals surface area (Å²) >= 11 is 2.06. The summed E-state index contributed by atoms with van der Waals surface area (Å²) in [5.41, 5.74) is 1.92. The predicted molar refractivity (Wildman–Crippen MR) is 71.8 cm³/mol. The number of nitrogens with one attached hydrogen (secondary N) is 1. The molecule has 0 fully saturated rings. The number of thiophene rings is 1. The van der Waals surface area contributed by atoms with Gasteiger partial charge in [0, 0.05) is 16.6 Å². The molecular weight excluding hydrogens is 292 g/mol. The number of halogens is 2. The van der Waals surface area contributed by atoms with E-state index in [-0.39, 0.29) is 16.4 Å². The zero-order valence-electron chi connectivity index (χ0n) is 9.70. The van der Waals surface area contributed by atoms with Gasteiger partial charge in [-0.05, 0) is 25.1 Å². The summed E-state index contributed by atoms with van der Waals surface area (Å²) in [7, 11) is 0. The van der Waals surface area contributed by atoms with Crippen molar-refractivity contribution < 1.29 is 13.6 Å². The topological polar surface area (TPSA) is 52.2 Å². The van der Waals surface area contributed by atoms with Crippen LogP contribution in [0, 0.1) is 16.8 Å². The fourth-order valence-electron chi connectivity index (χ4n) is 1.35. The number of anilines is 1. The van der Waals surface area contributed by atoms with Gasteiger partial charge in [0.15, 0.2) is 5.78 Å². The number of ketones is 1. The minimum absolute atomic E-state index is 0.173. The molecule has 0 amide bonds. The van der Waals surface area contributed by atoms with Crippen molar-refractivity contribution in [3.05, 3.63) is 46.0 Å². The van der Waals surface area contributed by atoms with Gasteiger partial charge in [-0.1, -0.05) is 11.8 Å². The molecule has 100 valence electrons. The largest absolute Gasteiger partial charge is 0.761 e. The number of Topliss-reactive ketones (excluding diaryl/α,β-unsaturated/α-hetero) is 1. The van der Waals surface area contributed by atoms with E-state index in [1.807, 2.05) is 0 Å². The van der Waals surface area contributed by atoms with Gasteiger partial charge >= 0.3 is 0 Å². The summed E-state index contributed by atoms with van der Waals surface area (Å²) in [4.78, 5) is 11.8. The Kier molecular flexibility index (Phi) is 4.18. The molecule has 0 saturated heterocycles. The smallest absolute Gasteiger partial charge is 0.169 e. The molecule has 0 unspecified atom stereocenters. The lowest BCUT2D eigenvalue weighted by atomic mass is 10.3. The predicted octanol–water partition coefficient (Wildman–Crippen LogP) is 4.29. The van der Waals surface area contributed by atoms with Crippen molar-refractivity contribution in [2.24, 2.45) is 0 Å². The van der Waals surface area contributed by atoms with E-state index in [4.69, 9.17) is 0 Å². The molecule has 0 radical (unpaired) electrons. The molecule has 2 rings (SSSR count). The van der Waals surface area contributed by atoms with Crippen molar-refractivity contribution in [2.75, 3.05) is 5.48 Å². The lowest BCUT2D eigenvalue weighted by Crippen LogP contribution is -1.86. The molecule has 1 aromatic carbocycles. The molecule has 0 atom stereocenters. The van der Waals surface area contributed by atoms with Gasteiger partial charge in [0.25, 0.3) is 0 Å². The third kappa shape index (κ3) is 3.12. The first-order valence-electron chi connectivity index (χ1n) is 5.17. The molecule has 2 aromatic rings. The Bertz CT molecular complexity index is 628. The van der Waals surface area contributed by atoms with E-state index in [0.29, 0.717) is 9.09 Å². The van der Waals surface area contributed by atoms with Crippen LogP contribution in [-0.4, -0.2) is 5.78 Å². The van der Waals surface area contributed by atoms with E-state index in [9.17, 15) is 18.8 Å². The molecular formula is C12H8F2NO2S2-. The summed E-state index contributed by atoms with van der Waals surface area (Å²) in [5, 5.41) is 10.8. The standard InChI is InChI=1S/C12H8F2NO2S2/c1-6(16)11-5-9(15-17)12(19-11)18-10-3-2-7(13)4-8(10)14/h2-5,15H,1H3/q-1. The van der Waals surface area contributed by atoms with Crippen LogP contribution in [0.25, 0.3) is 0 Å². The maximum atomic E-state index is 13.5. The van der Waals surface area contributed by atoms with Crippen LogP contribution in [0.3, 0.4) is 0 Å². The van der Waals surface area contributed by atoms with E-state index < -0.39 is 11.6 Å². The van der Waals surface area contributed by atoms with Crippen LogP contribution in [0.15, 0.2) is 33.4 Å². The number of rotatable bonds is 4. The van der Waals surface area contributed by atoms with Crippen molar-refractivity contribution in [3.63, 3.8) is 0 Å². The molecule has 1 N–H and O–H groups in total. The second-order valence-electron chi connectivity index (χ2n) is 3.65. The van der Waals surface area contributed by atoms with Crippen molar-refractivity contribution in [1.82, 2.24) is 0 Å². The summed E-state index contributed by atoms with van der Waals surface area (Å²) in [6.07, 6.45) is 0. The molecule has 0 saturated carbocycles. The zero-order chi connectivity index (χ0) is 14.0. The molecule has 7 heteroatoms. The summed E-state index contributed by atoms with van der Waals surface area (Å²) < 4.78 is 26.8. The molecule has 19 heavy (non-hydrogen) atoms. The van der Waals surface area contributed by atoms with Gasteiger partial charge in [0.2, 0.25) is 0 Å². The van der Waals surface area contributed by atoms with Crippen LogP contribution < -0.4 is 5.48 Å². The highest BCUT2D eigenvalue weighted by atomic mass is 32.2. The Labute approximate surface area is 116 Å². The average molecular weight is 300 g/mol. The summed E-state index contributed by atoms with van der Waals surface area (Å²) in [5.74, 6) is -1.55. The van der Waals surface area contributed by atoms with Crippen LogP contribution in [0.5, 0.6) is 0 Å².